The highest BCUT2D eigenvalue weighted by molar-refractivity contribution is 5.88. The van der Waals surface area contributed by atoms with Crippen LogP contribution in [-0.2, 0) is 19.1 Å². The molecule has 2 atom stereocenters. The Labute approximate surface area is 125 Å². The summed E-state index contributed by atoms with van der Waals surface area (Å²) in [5, 5.41) is 2.71. The Morgan fingerprint density at radius 1 is 1.38 bits per heavy atom. The Bertz CT molecular complexity index is 371. The van der Waals surface area contributed by atoms with E-state index >= 15 is 0 Å². The number of hydrogen-bond acceptors (Lipinski definition) is 5. The van der Waals surface area contributed by atoms with E-state index in [9.17, 15) is 14.4 Å². The maximum absolute atomic E-state index is 11.8. The maximum Gasteiger partial charge on any atom is 0.306 e. The minimum Gasteiger partial charge on any atom is -0.458 e. The number of nitrogens with two attached hydrogens (primary N) is 1. The van der Waals surface area contributed by atoms with Crippen LogP contribution in [0.3, 0.4) is 0 Å². The van der Waals surface area contributed by atoms with Crippen molar-refractivity contribution in [3.05, 3.63) is 0 Å². The summed E-state index contributed by atoms with van der Waals surface area (Å²) < 4.78 is 4.93. The molecular weight excluding hydrogens is 272 g/mol. The van der Waals surface area contributed by atoms with Crippen LogP contribution in [-0.4, -0.2) is 36.9 Å². The molecule has 0 aromatic carbocycles. The SMILES string of the molecule is CCCCCCC(=O)OCC(=O)[C@@H](N)C[C@@H]1CCNC1=O. The quantitative estimate of drug-likeness (QED) is 0.461. The zero-order valence-corrected chi connectivity index (χ0v) is 12.7. The van der Waals surface area contributed by atoms with Crippen molar-refractivity contribution in [2.75, 3.05) is 13.2 Å². The summed E-state index contributed by atoms with van der Waals surface area (Å²) in [5.74, 6) is -0.929. The third-order valence-electron chi connectivity index (χ3n) is 3.72. The standard InChI is InChI=1S/C15H26N2O4/c1-2-3-4-5-6-14(19)21-10-13(18)12(16)9-11-7-8-17-15(11)20/h11-12H,2-10,16H2,1H3,(H,17,20)/t11-,12-/m0/s1. The van der Waals surface area contributed by atoms with Gasteiger partial charge in [0, 0.05) is 18.9 Å². The van der Waals surface area contributed by atoms with Gasteiger partial charge in [-0.3, -0.25) is 14.4 Å². The van der Waals surface area contributed by atoms with Crippen molar-refractivity contribution in [2.24, 2.45) is 11.7 Å². The molecule has 1 rings (SSSR count). The lowest BCUT2D eigenvalue weighted by Gasteiger charge is -2.13. The van der Waals surface area contributed by atoms with E-state index in [1.54, 1.807) is 0 Å². The number of amides is 1. The third-order valence-corrected chi connectivity index (χ3v) is 3.72. The van der Waals surface area contributed by atoms with Gasteiger partial charge in [-0.2, -0.15) is 0 Å². The van der Waals surface area contributed by atoms with E-state index in [4.69, 9.17) is 10.5 Å². The molecule has 1 aliphatic rings. The van der Waals surface area contributed by atoms with Gasteiger partial charge >= 0.3 is 5.97 Å². The number of carbonyl (C=O) groups excluding carboxylic acids is 3. The minimum atomic E-state index is -0.744. The fourth-order valence-corrected chi connectivity index (χ4v) is 2.33. The first-order valence-corrected chi connectivity index (χ1v) is 7.76. The Hall–Kier alpha value is -1.43. The van der Waals surface area contributed by atoms with Crippen LogP contribution in [0.2, 0.25) is 0 Å². The van der Waals surface area contributed by atoms with Crippen molar-refractivity contribution >= 4 is 17.7 Å². The molecule has 1 amide bonds. The molecule has 6 nitrogen and oxygen atoms in total. The second-order valence-electron chi connectivity index (χ2n) is 5.56. The monoisotopic (exact) mass is 298 g/mol. The zero-order valence-electron chi connectivity index (χ0n) is 12.7. The summed E-state index contributed by atoms with van der Waals surface area (Å²) in [6.07, 6.45) is 5.35. The minimum absolute atomic E-state index is 0.0498. The van der Waals surface area contributed by atoms with E-state index in [1.165, 1.54) is 0 Å². The van der Waals surface area contributed by atoms with Gasteiger partial charge in [0.1, 0.15) is 0 Å². The van der Waals surface area contributed by atoms with E-state index in [0.717, 1.165) is 25.7 Å². The van der Waals surface area contributed by atoms with Gasteiger partial charge < -0.3 is 15.8 Å². The molecule has 1 fully saturated rings. The third kappa shape index (κ3) is 6.71. The van der Waals surface area contributed by atoms with Gasteiger partial charge in [0.15, 0.2) is 12.4 Å². The average molecular weight is 298 g/mol. The number of esters is 1. The van der Waals surface area contributed by atoms with Gasteiger partial charge in [-0.05, 0) is 19.3 Å². The van der Waals surface area contributed by atoms with Crippen LogP contribution in [0.5, 0.6) is 0 Å². The van der Waals surface area contributed by atoms with Crippen LogP contribution in [0.4, 0.5) is 0 Å². The molecular formula is C15H26N2O4. The van der Waals surface area contributed by atoms with E-state index < -0.39 is 6.04 Å². The first-order chi connectivity index (χ1) is 10.0. The maximum atomic E-state index is 11.8. The fourth-order valence-electron chi connectivity index (χ4n) is 2.33. The highest BCUT2D eigenvalue weighted by Crippen LogP contribution is 2.15. The van der Waals surface area contributed by atoms with Crippen molar-refractivity contribution in [3.63, 3.8) is 0 Å². The summed E-state index contributed by atoms with van der Waals surface area (Å²) >= 11 is 0. The molecule has 0 aliphatic carbocycles. The Balaban J connectivity index is 2.17. The van der Waals surface area contributed by atoms with E-state index in [2.05, 4.69) is 12.2 Å². The highest BCUT2D eigenvalue weighted by Gasteiger charge is 2.28. The van der Waals surface area contributed by atoms with Crippen molar-refractivity contribution in [2.45, 2.75) is 57.9 Å². The molecule has 3 N–H and O–H groups in total. The van der Waals surface area contributed by atoms with Gasteiger partial charge in [-0.15, -0.1) is 0 Å². The van der Waals surface area contributed by atoms with E-state index in [1.807, 2.05) is 0 Å². The molecule has 0 unspecified atom stereocenters. The van der Waals surface area contributed by atoms with Crippen molar-refractivity contribution < 1.29 is 19.1 Å². The fraction of sp³-hybridized carbons (Fsp3) is 0.800. The number of carbonyl (C=O) groups is 3. The molecule has 0 spiro atoms. The Morgan fingerprint density at radius 3 is 2.76 bits per heavy atom. The normalized spacial score (nSPS) is 19.1. The average Bonchev–Trinajstić information content (AvgIpc) is 2.86. The lowest BCUT2D eigenvalue weighted by Crippen LogP contribution is -2.37. The molecule has 0 saturated carbocycles. The van der Waals surface area contributed by atoms with Crippen LogP contribution in [0.1, 0.15) is 51.9 Å². The van der Waals surface area contributed by atoms with Gasteiger partial charge in [-0.1, -0.05) is 26.2 Å². The van der Waals surface area contributed by atoms with Crippen molar-refractivity contribution in [3.8, 4) is 0 Å². The molecule has 0 bridgehead atoms. The predicted molar refractivity (Wildman–Crippen MR) is 78.4 cm³/mol. The summed E-state index contributed by atoms with van der Waals surface area (Å²) in [6.45, 7) is 2.45. The second-order valence-corrected chi connectivity index (χ2v) is 5.56. The number of rotatable bonds is 10. The van der Waals surface area contributed by atoms with Crippen LogP contribution < -0.4 is 11.1 Å². The summed E-state index contributed by atoms with van der Waals surface area (Å²) in [6, 6.07) is -0.744. The van der Waals surface area contributed by atoms with Gasteiger partial charge in [0.25, 0.3) is 0 Å². The molecule has 1 aliphatic heterocycles. The summed E-state index contributed by atoms with van der Waals surface area (Å²) in [5.41, 5.74) is 5.76. The molecule has 120 valence electrons. The van der Waals surface area contributed by atoms with Crippen molar-refractivity contribution in [1.29, 1.82) is 0 Å². The topological polar surface area (TPSA) is 98.5 Å². The molecule has 6 heteroatoms. The largest absolute Gasteiger partial charge is 0.458 e. The number of Topliss-reactive ketones (excluding diaryl/α,β-unsaturated/α-hetero) is 1. The number of ketones is 1. The molecule has 0 aromatic rings. The lowest BCUT2D eigenvalue weighted by molar-refractivity contribution is -0.148. The van der Waals surface area contributed by atoms with Crippen LogP contribution in [0, 0.1) is 5.92 Å². The summed E-state index contributed by atoms with van der Waals surface area (Å²) in [7, 11) is 0. The summed E-state index contributed by atoms with van der Waals surface area (Å²) in [4.78, 5) is 34.6. The number of nitrogens with one attached hydrogen (secondary N) is 1. The van der Waals surface area contributed by atoms with Gasteiger partial charge in [0.05, 0.1) is 6.04 Å². The number of ether oxygens (including phenoxy) is 1. The van der Waals surface area contributed by atoms with Crippen molar-refractivity contribution in [1.82, 2.24) is 5.32 Å². The van der Waals surface area contributed by atoms with Crippen LogP contribution in [0.15, 0.2) is 0 Å². The van der Waals surface area contributed by atoms with Crippen LogP contribution in [0.25, 0.3) is 0 Å². The van der Waals surface area contributed by atoms with Crippen LogP contribution >= 0.6 is 0 Å². The Morgan fingerprint density at radius 2 is 2.14 bits per heavy atom. The molecule has 1 heterocycles. The smallest absolute Gasteiger partial charge is 0.306 e. The molecule has 0 radical (unpaired) electrons. The number of hydrogen-bond donors (Lipinski definition) is 2. The predicted octanol–water partition coefficient (Wildman–Crippen LogP) is 0.923. The number of unbranched alkanes of at least 4 members (excludes halogenated alkanes) is 3. The zero-order chi connectivity index (χ0) is 15.7. The van der Waals surface area contributed by atoms with E-state index in [0.29, 0.717) is 25.8 Å². The molecule has 21 heavy (non-hydrogen) atoms. The van der Waals surface area contributed by atoms with Gasteiger partial charge in [0.2, 0.25) is 5.91 Å². The Kier molecular flexibility index (Phi) is 7.97. The van der Waals surface area contributed by atoms with Gasteiger partial charge in [-0.25, -0.2) is 0 Å². The second kappa shape index (κ2) is 9.50. The lowest BCUT2D eigenvalue weighted by atomic mass is 9.97. The first kappa shape index (κ1) is 17.6. The molecule has 1 saturated heterocycles. The first-order valence-electron chi connectivity index (χ1n) is 7.76. The van der Waals surface area contributed by atoms with E-state index in [-0.39, 0.29) is 30.2 Å². The highest BCUT2D eigenvalue weighted by atomic mass is 16.5. The molecule has 0 aromatic heterocycles.